The second kappa shape index (κ2) is 5.06. The Kier molecular flexibility index (Phi) is 3.41. The van der Waals surface area contributed by atoms with Crippen LogP contribution in [0.1, 0.15) is 25.3 Å². The molecule has 6 heteroatoms. The van der Waals surface area contributed by atoms with Crippen molar-refractivity contribution in [2.75, 3.05) is 5.75 Å². The number of fused-ring (bicyclic) bond motifs is 1. The number of benzene rings is 1. The molecule has 0 aliphatic heterocycles. The number of aliphatic carboxylic acids is 1. The summed E-state index contributed by atoms with van der Waals surface area (Å²) in [4.78, 5) is 15.3. The number of carboxylic acid groups (broad SMARTS) is 1. The van der Waals surface area contributed by atoms with E-state index in [9.17, 15) is 4.79 Å². The van der Waals surface area contributed by atoms with Crippen molar-refractivity contribution >= 4 is 40.4 Å². The van der Waals surface area contributed by atoms with Crippen molar-refractivity contribution in [2.24, 2.45) is 0 Å². The molecule has 3 rings (SSSR count). The van der Waals surface area contributed by atoms with Crippen LogP contribution in [0.5, 0.6) is 0 Å². The second-order valence-corrected chi connectivity index (χ2v) is 5.99. The third-order valence-corrected chi connectivity index (χ3v) is 4.65. The van der Waals surface area contributed by atoms with Gasteiger partial charge in [-0.3, -0.25) is 4.79 Å². The van der Waals surface area contributed by atoms with Gasteiger partial charge in [0, 0.05) is 6.04 Å². The normalized spacial score (nSPS) is 15.6. The van der Waals surface area contributed by atoms with E-state index < -0.39 is 5.97 Å². The Morgan fingerprint density at radius 3 is 2.95 bits per heavy atom. The van der Waals surface area contributed by atoms with E-state index in [2.05, 4.69) is 9.55 Å². The molecule has 1 saturated carbocycles. The number of thioether (sulfide) groups is 1. The predicted molar refractivity (Wildman–Crippen MR) is 76.0 cm³/mol. The number of nitrogens with zero attached hydrogens (tertiary/aromatic N) is 2. The molecule has 0 unspecified atom stereocenters. The first-order valence-electron chi connectivity index (χ1n) is 6.18. The van der Waals surface area contributed by atoms with E-state index in [1.165, 1.54) is 18.2 Å². The highest BCUT2D eigenvalue weighted by Crippen LogP contribution is 2.39. The Morgan fingerprint density at radius 1 is 1.53 bits per heavy atom. The molecule has 1 fully saturated rings. The summed E-state index contributed by atoms with van der Waals surface area (Å²) in [5.74, 6) is -0.809. The van der Waals surface area contributed by atoms with Crippen LogP contribution >= 0.6 is 23.4 Å². The van der Waals surface area contributed by atoms with Crippen LogP contribution in [0.3, 0.4) is 0 Å². The van der Waals surface area contributed by atoms with Crippen molar-refractivity contribution in [1.82, 2.24) is 9.55 Å². The molecule has 1 aliphatic carbocycles. The molecule has 1 N–H and O–H groups in total. The number of hydrogen-bond donors (Lipinski definition) is 1. The van der Waals surface area contributed by atoms with Crippen LogP contribution < -0.4 is 0 Å². The topological polar surface area (TPSA) is 55.1 Å². The van der Waals surface area contributed by atoms with Gasteiger partial charge in [-0.2, -0.15) is 0 Å². The molecule has 1 aromatic carbocycles. The molecule has 1 heterocycles. The summed E-state index contributed by atoms with van der Waals surface area (Å²) in [5.41, 5.74) is 1.77. The van der Waals surface area contributed by atoms with Crippen LogP contribution in [-0.4, -0.2) is 26.4 Å². The number of para-hydroxylation sites is 1. The lowest BCUT2D eigenvalue weighted by molar-refractivity contribution is -0.133. The van der Waals surface area contributed by atoms with Crippen molar-refractivity contribution < 1.29 is 9.90 Å². The molecule has 2 aromatic rings. The maximum atomic E-state index is 10.7. The van der Waals surface area contributed by atoms with E-state index in [0.29, 0.717) is 11.1 Å². The quantitative estimate of drug-likeness (QED) is 0.876. The molecule has 1 aromatic heterocycles. The van der Waals surface area contributed by atoms with Crippen LogP contribution in [0.2, 0.25) is 5.02 Å². The maximum Gasteiger partial charge on any atom is 0.313 e. The molecule has 100 valence electrons. The molecular formula is C13H13ClN2O2S. The summed E-state index contributed by atoms with van der Waals surface area (Å²) in [5, 5.41) is 10.2. The average Bonchev–Trinajstić information content (AvgIpc) is 2.65. The molecular weight excluding hydrogens is 284 g/mol. The molecule has 4 nitrogen and oxygen atoms in total. The minimum absolute atomic E-state index is 0.0215. The van der Waals surface area contributed by atoms with Crippen molar-refractivity contribution in [2.45, 2.75) is 30.5 Å². The lowest BCUT2D eigenvalue weighted by atomic mass is 9.93. The molecule has 0 radical (unpaired) electrons. The lowest BCUT2D eigenvalue weighted by Crippen LogP contribution is -2.18. The minimum atomic E-state index is -0.830. The Hall–Kier alpha value is -1.20. The number of rotatable bonds is 4. The summed E-state index contributed by atoms with van der Waals surface area (Å²) in [6.07, 6.45) is 3.46. The minimum Gasteiger partial charge on any atom is -0.481 e. The van der Waals surface area contributed by atoms with E-state index in [4.69, 9.17) is 16.7 Å². The summed E-state index contributed by atoms with van der Waals surface area (Å²) < 4.78 is 2.15. The van der Waals surface area contributed by atoms with E-state index in [-0.39, 0.29) is 5.75 Å². The van der Waals surface area contributed by atoms with Crippen LogP contribution in [0.25, 0.3) is 11.0 Å². The Balaban J connectivity index is 2.07. The standard InChI is InChI=1S/C13H13ClN2O2S/c14-9-5-2-6-10-12(9)15-13(19-7-11(17)18)16(10)8-3-1-4-8/h2,5-6,8H,1,3-4,7H2,(H,17,18). The van der Waals surface area contributed by atoms with Gasteiger partial charge in [-0.05, 0) is 31.4 Å². The summed E-state index contributed by atoms with van der Waals surface area (Å²) in [7, 11) is 0. The maximum absolute atomic E-state index is 10.7. The van der Waals surface area contributed by atoms with Crippen LogP contribution in [0, 0.1) is 0 Å². The highest BCUT2D eigenvalue weighted by Gasteiger charge is 2.25. The van der Waals surface area contributed by atoms with Gasteiger partial charge < -0.3 is 9.67 Å². The first kappa shape index (κ1) is 12.8. The molecule has 0 saturated heterocycles. The van der Waals surface area contributed by atoms with Gasteiger partial charge in [0.05, 0.1) is 16.3 Å². The number of aromatic nitrogens is 2. The molecule has 19 heavy (non-hydrogen) atoms. The van der Waals surface area contributed by atoms with E-state index in [0.717, 1.165) is 29.0 Å². The predicted octanol–water partition coefficient (Wildman–Crippen LogP) is 3.59. The third-order valence-electron chi connectivity index (χ3n) is 3.40. The van der Waals surface area contributed by atoms with Gasteiger partial charge in [0.2, 0.25) is 0 Å². The third kappa shape index (κ3) is 2.32. The highest BCUT2D eigenvalue weighted by molar-refractivity contribution is 7.99. The first-order chi connectivity index (χ1) is 9.16. The van der Waals surface area contributed by atoms with E-state index >= 15 is 0 Å². The molecule has 0 spiro atoms. The first-order valence-corrected chi connectivity index (χ1v) is 7.54. The number of imidazole rings is 1. The zero-order valence-corrected chi connectivity index (χ0v) is 11.7. The average molecular weight is 297 g/mol. The SMILES string of the molecule is O=C(O)CSc1nc2c(Cl)cccc2n1C1CCC1. The largest absolute Gasteiger partial charge is 0.481 e. The fraction of sp³-hybridized carbons (Fsp3) is 0.385. The van der Waals surface area contributed by atoms with Crippen LogP contribution in [0.4, 0.5) is 0 Å². The van der Waals surface area contributed by atoms with Gasteiger partial charge in [-0.15, -0.1) is 0 Å². The zero-order chi connectivity index (χ0) is 13.4. The molecule has 0 bridgehead atoms. The number of hydrogen-bond acceptors (Lipinski definition) is 3. The van der Waals surface area contributed by atoms with Crippen molar-refractivity contribution in [3.8, 4) is 0 Å². The van der Waals surface area contributed by atoms with E-state index in [1.807, 2.05) is 18.2 Å². The molecule has 0 atom stereocenters. The Labute approximate surface area is 119 Å². The zero-order valence-electron chi connectivity index (χ0n) is 10.2. The molecule has 0 amide bonds. The van der Waals surface area contributed by atoms with Gasteiger partial charge in [0.15, 0.2) is 5.16 Å². The van der Waals surface area contributed by atoms with Crippen molar-refractivity contribution in [3.05, 3.63) is 23.2 Å². The number of carboxylic acids is 1. The van der Waals surface area contributed by atoms with Crippen molar-refractivity contribution in [1.29, 1.82) is 0 Å². The molecule has 1 aliphatic rings. The fourth-order valence-electron chi connectivity index (χ4n) is 2.29. The summed E-state index contributed by atoms with van der Waals surface area (Å²) in [6, 6.07) is 6.15. The monoisotopic (exact) mass is 296 g/mol. The van der Waals surface area contributed by atoms with Gasteiger partial charge in [0.25, 0.3) is 0 Å². The van der Waals surface area contributed by atoms with Gasteiger partial charge in [0.1, 0.15) is 5.52 Å². The van der Waals surface area contributed by atoms with Gasteiger partial charge in [-0.1, -0.05) is 29.4 Å². The van der Waals surface area contributed by atoms with E-state index in [1.54, 1.807) is 0 Å². The summed E-state index contributed by atoms with van der Waals surface area (Å²) >= 11 is 7.43. The van der Waals surface area contributed by atoms with Crippen molar-refractivity contribution in [3.63, 3.8) is 0 Å². The fourth-order valence-corrected chi connectivity index (χ4v) is 3.29. The second-order valence-electron chi connectivity index (χ2n) is 4.64. The Morgan fingerprint density at radius 2 is 2.32 bits per heavy atom. The number of carbonyl (C=O) groups is 1. The van der Waals surface area contributed by atoms with Crippen LogP contribution in [-0.2, 0) is 4.79 Å². The summed E-state index contributed by atoms with van der Waals surface area (Å²) in [6.45, 7) is 0. The Bertz CT molecular complexity index is 637. The van der Waals surface area contributed by atoms with Crippen LogP contribution in [0.15, 0.2) is 23.4 Å². The smallest absolute Gasteiger partial charge is 0.313 e. The van der Waals surface area contributed by atoms with Gasteiger partial charge >= 0.3 is 5.97 Å². The van der Waals surface area contributed by atoms with Gasteiger partial charge in [-0.25, -0.2) is 4.98 Å². The lowest BCUT2D eigenvalue weighted by Gasteiger charge is -2.28. The number of halogens is 1. The highest BCUT2D eigenvalue weighted by atomic mass is 35.5.